The SMILES string of the molecule is O=C1CSc2ccc(C(=O)Nc3cccc(N4C(=O)c5ccccc5C4=O)c3)cc2N1. The Morgan fingerprint density at radius 3 is 2.39 bits per heavy atom. The first-order valence-corrected chi connectivity index (χ1v) is 10.5. The highest BCUT2D eigenvalue weighted by Crippen LogP contribution is 2.33. The molecule has 0 spiro atoms. The highest BCUT2D eigenvalue weighted by Gasteiger charge is 2.36. The second-order valence-electron chi connectivity index (χ2n) is 7.04. The van der Waals surface area contributed by atoms with Crippen LogP contribution in [0.1, 0.15) is 31.1 Å². The molecule has 4 amide bonds. The van der Waals surface area contributed by atoms with Crippen molar-refractivity contribution in [1.82, 2.24) is 0 Å². The van der Waals surface area contributed by atoms with Gasteiger partial charge in [-0.3, -0.25) is 19.2 Å². The average molecular weight is 429 g/mol. The standard InChI is InChI=1S/C23H15N3O4S/c27-20-12-31-19-9-8-13(10-18(19)25-20)21(28)24-14-4-3-5-15(11-14)26-22(29)16-6-1-2-7-17(16)23(26)30/h1-11H,12H2,(H,24,28)(H,25,27). The lowest BCUT2D eigenvalue weighted by Crippen LogP contribution is -2.29. The maximum Gasteiger partial charge on any atom is 0.266 e. The van der Waals surface area contributed by atoms with Crippen molar-refractivity contribution in [2.24, 2.45) is 0 Å². The van der Waals surface area contributed by atoms with Gasteiger partial charge in [0.05, 0.1) is 28.3 Å². The molecule has 2 N–H and O–H groups in total. The predicted octanol–water partition coefficient (Wildman–Crippen LogP) is 3.78. The molecule has 31 heavy (non-hydrogen) atoms. The van der Waals surface area contributed by atoms with E-state index >= 15 is 0 Å². The number of carbonyl (C=O) groups excluding carboxylic acids is 4. The molecule has 3 aromatic rings. The van der Waals surface area contributed by atoms with E-state index in [2.05, 4.69) is 10.6 Å². The summed E-state index contributed by atoms with van der Waals surface area (Å²) in [6, 6.07) is 18.3. The van der Waals surface area contributed by atoms with Crippen LogP contribution in [-0.2, 0) is 4.79 Å². The molecule has 0 unspecified atom stereocenters. The fourth-order valence-electron chi connectivity index (χ4n) is 3.57. The average Bonchev–Trinajstić information content (AvgIpc) is 3.03. The van der Waals surface area contributed by atoms with E-state index in [1.807, 2.05) is 0 Å². The third-order valence-electron chi connectivity index (χ3n) is 5.03. The number of anilines is 3. The number of imide groups is 1. The van der Waals surface area contributed by atoms with E-state index in [0.717, 1.165) is 9.80 Å². The quantitative estimate of drug-likeness (QED) is 0.618. The van der Waals surface area contributed by atoms with Crippen LogP contribution in [0.2, 0.25) is 0 Å². The molecule has 5 rings (SSSR count). The van der Waals surface area contributed by atoms with Crippen LogP contribution >= 0.6 is 11.8 Å². The molecule has 2 aliphatic rings. The largest absolute Gasteiger partial charge is 0.324 e. The van der Waals surface area contributed by atoms with Gasteiger partial charge in [0.1, 0.15) is 0 Å². The maximum atomic E-state index is 12.7. The number of benzene rings is 3. The zero-order valence-electron chi connectivity index (χ0n) is 16.0. The Balaban J connectivity index is 1.39. The summed E-state index contributed by atoms with van der Waals surface area (Å²) in [6.07, 6.45) is 0. The molecule has 2 heterocycles. The summed E-state index contributed by atoms with van der Waals surface area (Å²) in [5, 5.41) is 5.55. The minimum absolute atomic E-state index is 0.108. The van der Waals surface area contributed by atoms with Gasteiger partial charge in [-0.2, -0.15) is 0 Å². The van der Waals surface area contributed by atoms with Crippen molar-refractivity contribution in [3.05, 3.63) is 83.4 Å². The molecular formula is C23H15N3O4S. The van der Waals surface area contributed by atoms with Crippen molar-refractivity contribution in [2.45, 2.75) is 4.90 Å². The van der Waals surface area contributed by atoms with Crippen molar-refractivity contribution < 1.29 is 19.2 Å². The smallest absolute Gasteiger partial charge is 0.266 e. The van der Waals surface area contributed by atoms with E-state index in [1.165, 1.54) is 11.8 Å². The number of hydrogen-bond donors (Lipinski definition) is 2. The Bertz CT molecular complexity index is 1250. The number of thioether (sulfide) groups is 1. The summed E-state index contributed by atoms with van der Waals surface area (Å²) in [6.45, 7) is 0. The predicted molar refractivity (Wildman–Crippen MR) is 118 cm³/mol. The lowest BCUT2D eigenvalue weighted by Gasteiger charge is -2.17. The zero-order valence-corrected chi connectivity index (χ0v) is 16.9. The monoisotopic (exact) mass is 429 g/mol. The zero-order chi connectivity index (χ0) is 21.5. The van der Waals surface area contributed by atoms with Gasteiger partial charge in [-0.05, 0) is 48.5 Å². The van der Waals surface area contributed by atoms with Crippen molar-refractivity contribution in [1.29, 1.82) is 0 Å². The normalized spacial score (nSPS) is 14.7. The van der Waals surface area contributed by atoms with Crippen LogP contribution in [0.5, 0.6) is 0 Å². The lowest BCUT2D eigenvalue weighted by atomic mass is 10.1. The maximum absolute atomic E-state index is 12.7. The molecule has 0 bridgehead atoms. The summed E-state index contributed by atoms with van der Waals surface area (Å²) in [4.78, 5) is 51.8. The number of rotatable bonds is 3. The van der Waals surface area contributed by atoms with E-state index in [1.54, 1.807) is 66.7 Å². The molecular weight excluding hydrogens is 414 g/mol. The topological polar surface area (TPSA) is 95.6 Å². The van der Waals surface area contributed by atoms with Crippen LogP contribution in [0.15, 0.2) is 71.6 Å². The van der Waals surface area contributed by atoms with E-state index < -0.39 is 11.8 Å². The van der Waals surface area contributed by atoms with Crippen molar-refractivity contribution in [3.63, 3.8) is 0 Å². The van der Waals surface area contributed by atoms with E-state index in [0.29, 0.717) is 39.5 Å². The van der Waals surface area contributed by atoms with Crippen molar-refractivity contribution >= 4 is 52.5 Å². The minimum Gasteiger partial charge on any atom is -0.324 e. The summed E-state index contributed by atoms with van der Waals surface area (Å²) in [5.41, 5.74) is 2.52. The number of hydrogen-bond acceptors (Lipinski definition) is 5. The highest BCUT2D eigenvalue weighted by atomic mass is 32.2. The molecule has 7 nitrogen and oxygen atoms in total. The first-order valence-electron chi connectivity index (χ1n) is 9.47. The van der Waals surface area contributed by atoms with Gasteiger partial charge in [-0.1, -0.05) is 18.2 Å². The van der Waals surface area contributed by atoms with E-state index in [4.69, 9.17) is 0 Å². The molecule has 0 saturated carbocycles. The van der Waals surface area contributed by atoms with Crippen LogP contribution < -0.4 is 15.5 Å². The summed E-state index contributed by atoms with van der Waals surface area (Å²) in [5.74, 6) is -0.918. The van der Waals surface area contributed by atoms with Crippen LogP contribution in [0.25, 0.3) is 0 Å². The van der Waals surface area contributed by atoms with Gasteiger partial charge in [-0.15, -0.1) is 11.8 Å². The Morgan fingerprint density at radius 1 is 0.903 bits per heavy atom. The van der Waals surface area contributed by atoms with Crippen LogP contribution in [-0.4, -0.2) is 29.4 Å². The molecule has 0 atom stereocenters. The molecule has 0 radical (unpaired) electrons. The number of fused-ring (bicyclic) bond motifs is 2. The second kappa shape index (κ2) is 7.41. The summed E-state index contributed by atoms with van der Waals surface area (Å²) in [7, 11) is 0. The first-order chi connectivity index (χ1) is 15.0. The third-order valence-corrected chi connectivity index (χ3v) is 6.10. The number of amides is 4. The number of nitrogens with one attached hydrogen (secondary N) is 2. The van der Waals surface area contributed by atoms with Crippen LogP contribution in [0, 0.1) is 0 Å². The highest BCUT2D eigenvalue weighted by molar-refractivity contribution is 8.00. The third kappa shape index (κ3) is 3.36. The van der Waals surface area contributed by atoms with Crippen LogP contribution in [0.3, 0.4) is 0 Å². The molecule has 2 aliphatic heterocycles. The summed E-state index contributed by atoms with van der Waals surface area (Å²) < 4.78 is 0. The Morgan fingerprint density at radius 2 is 1.65 bits per heavy atom. The molecule has 0 saturated heterocycles. The minimum atomic E-state index is -0.396. The Hall–Kier alpha value is -3.91. The van der Waals surface area contributed by atoms with Gasteiger partial charge in [0.25, 0.3) is 17.7 Å². The van der Waals surface area contributed by atoms with Crippen molar-refractivity contribution in [2.75, 3.05) is 21.3 Å². The Kier molecular flexibility index (Phi) is 4.56. The molecule has 3 aromatic carbocycles. The summed E-state index contributed by atoms with van der Waals surface area (Å²) >= 11 is 1.42. The lowest BCUT2D eigenvalue weighted by molar-refractivity contribution is -0.113. The fraction of sp³-hybridized carbons (Fsp3) is 0.0435. The first kappa shape index (κ1) is 19.1. The van der Waals surface area contributed by atoms with E-state index in [-0.39, 0.29) is 11.8 Å². The molecule has 8 heteroatoms. The second-order valence-corrected chi connectivity index (χ2v) is 8.06. The van der Waals surface area contributed by atoms with Crippen molar-refractivity contribution in [3.8, 4) is 0 Å². The van der Waals surface area contributed by atoms with Gasteiger partial charge >= 0.3 is 0 Å². The number of carbonyl (C=O) groups is 4. The molecule has 0 fully saturated rings. The van der Waals surface area contributed by atoms with E-state index in [9.17, 15) is 19.2 Å². The van der Waals surface area contributed by atoms with Gasteiger partial charge in [0, 0.05) is 16.1 Å². The fourth-order valence-corrected chi connectivity index (χ4v) is 4.36. The van der Waals surface area contributed by atoms with Gasteiger partial charge in [0.15, 0.2) is 0 Å². The number of nitrogens with zero attached hydrogens (tertiary/aromatic N) is 1. The van der Waals surface area contributed by atoms with Gasteiger partial charge in [-0.25, -0.2) is 4.90 Å². The Labute approximate surface area is 181 Å². The van der Waals surface area contributed by atoms with Gasteiger partial charge < -0.3 is 10.6 Å². The van der Waals surface area contributed by atoms with Gasteiger partial charge in [0.2, 0.25) is 5.91 Å². The van der Waals surface area contributed by atoms with Crippen LogP contribution in [0.4, 0.5) is 17.1 Å². The molecule has 0 aromatic heterocycles. The molecule has 0 aliphatic carbocycles. The molecule has 152 valence electrons.